The van der Waals surface area contributed by atoms with Crippen molar-refractivity contribution in [3.05, 3.63) is 47.5 Å². The molecule has 0 fully saturated rings. The predicted molar refractivity (Wildman–Crippen MR) is 74.5 cm³/mol. The number of ether oxygens (including phenoxy) is 1. The van der Waals surface area contributed by atoms with E-state index in [1.54, 1.807) is 23.0 Å². The van der Waals surface area contributed by atoms with Gasteiger partial charge in [0.05, 0.1) is 19.3 Å². The van der Waals surface area contributed by atoms with Gasteiger partial charge in [0, 0.05) is 18.8 Å². The summed E-state index contributed by atoms with van der Waals surface area (Å²) in [6.07, 6.45) is 5.14. The average molecular weight is 278 g/mol. The highest BCUT2D eigenvalue weighted by Crippen LogP contribution is 2.30. The molecule has 108 valence electrons. The molecule has 1 heterocycles. The molecule has 0 saturated carbocycles. The molecule has 0 aliphatic rings. The first-order chi connectivity index (χ1) is 9.65. The Labute approximate surface area is 117 Å². The van der Waals surface area contributed by atoms with Crippen molar-refractivity contribution in [2.24, 2.45) is 12.9 Å². The van der Waals surface area contributed by atoms with E-state index in [9.17, 15) is 4.39 Å². The fourth-order valence-corrected chi connectivity index (χ4v) is 2.26. The van der Waals surface area contributed by atoms with E-state index in [0.29, 0.717) is 17.7 Å². The Morgan fingerprint density at radius 3 is 2.90 bits per heavy atom. The first kappa shape index (κ1) is 14.5. The Morgan fingerprint density at radius 2 is 2.30 bits per heavy atom. The number of benzene rings is 1. The van der Waals surface area contributed by atoms with Crippen molar-refractivity contribution < 1.29 is 9.13 Å². The molecular weight excluding hydrogens is 259 g/mol. The maximum absolute atomic E-state index is 14.0. The van der Waals surface area contributed by atoms with Gasteiger partial charge < -0.3 is 4.74 Å². The first-order valence-corrected chi connectivity index (χ1v) is 6.41. The summed E-state index contributed by atoms with van der Waals surface area (Å²) in [7, 11) is 3.38. The number of nitrogens with zero attached hydrogens (tertiary/aromatic N) is 2. The maximum Gasteiger partial charge on any atom is 0.131 e. The predicted octanol–water partition coefficient (Wildman–Crippen LogP) is 1.70. The Hall–Kier alpha value is -1.92. The van der Waals surface area contributed by atoms with Crippen LogP contribution in [0.2, 0.25) is 0 Å². The minimum Gasteiger partial charge on any atom is -0.496 e. The number of hydrogen-bond acceptors (Lipinski definition) is 4. The molecule has 2 rings (SSSR count). The van der Waals surface area contributed by atoms with Crippen molar-refractivity contribution in [3.63, 3.8) is 0 Å². The number of nitrogens with two attached hydrogens (primary N) is 1. The van der Waals surface area contributed by atoms with Gasteiger partial charge in [0.1, 0.15) is 11.6 Å². The quantitative estimate of drug-likeness (QED) is 0.623. The van der Waals surface area contributed by atoms with E-state index in [-0.39, 0.29) is 11.9 Å². The van der Waals surface area contributed by atoms with Crippen molar-refractivity contribution in [1.29, 1.82) is 0 Å². The van der Waals surface area contributed by atoms with Crippen LogP contribution >= 0.6 is 0 Å². The fraction of sp³-hybridized carbons (Fsp3) is 0.357. The maximum atomic E-state index is 14.0. The summed E-state index contributed by atoms with van der Waals surface area (Å²) in [6.45, 7) is 0. The molecule has 0 saturated heterocycles. The SMILES string of the molecule is COc1cccc(F)c1C(CCc1cnn(C)c1)NN. The smallest absolute Gasteiger partial charge is 0.131 e. The Bertz CT molecular complexity index is 570. The molecule has 1 unspecified atom stereocenters. The minimum absolute atomic E-state index is 0.314. The number of nitrogens with one attached hydrogen (secondary N) is 1. The van der Waals surface area contributed by atoms with E-state index in [1.807, 2.05) is 13.2 Å². The zero-order valence-electron chi connectivity index (χ0n) is 11.6. The Morgan fingerprint density at radius 1 is 1.50 bits per heavy atom. The van der Waals surface area contributed by atoms with Crippen LogP contribution in [0.3, 0.4) is 0 Å². The molecule has 5 nitrogen and oxygen atoms in total. The Kier molecular flexibility index (Phi) is 4.70. The van der Waals surface area contributed by atoms with E-state index in [0.717, 1.165) is 12.0 Å². The molecule has 0 radical (unpaired) electrons. The third-order valence-corrected chi connectivity index (χ3v) is 3.26. The third kappa shape index (κ3) is 3.15. The molecule has 2 aromatic rings. The summed E-state index contributed by atoms with van der Waals surface area (Å²) in [5.74, 6) is 5.75. The van der Waals surface area contributed by atoms with Gasteiger partial charge in [0.2, 0.25) is 0 Å². The summed E-state index contributed by atoms with van der Waals surface area (Å²) >= 11 is 0. The van der Waals surface area contributed by atoms with Gasteiger partial charge >= 0.3 is 0 Å². The van der Waals surface area contributed by atoms with Gasteiger partial charge in [-0.25, -0.2) is 4.39 Å². The van der Waals surface area contributed by atoms with Gasteiger partial charge in [-0.05, 0) is 30.5 Å². The molecule has 1 atom stereocenters. The molecular formula is C14H19FN4O. The van der Waals surface area contributed by atoms with E-state index >= 15 is 0 Å². The van der Waals surface area contributed by atoms with E-state index in [1.165, 1.54) is 13.2 Å². The first-order valence-electron chi connectivity index (χ1n) is 6.41. The second-order valence-corrected chi connectivity index (χ2v) is 4.64. The van der Waals surface area contributed by atoms with Crippen molar-refractivity contribution in [2.45, 2.75) is 18.9 Å². The van der Waals surface area contributed by atoms with Gasteiger partial charge in [-0.2, -0.15) is 5.10 Å². The zero-order chi connectivity index (χ0) is 14.5. The van der Waals surface area contributed by atoms with Crippen molar-refractivity contribution >= 4 is 0 Å². The lowest BCUT2D eigenvalue weighted by Gasteiger charge is -2.19. The van der Waals surface area contributed by atoms with Crippen molar-refractivity contribution in [1.82, 2.24) is 15.2 Å². The summed E-state index contributed by atoms with van der Waals surface area (Å²) in [5.41, 5.74) is 4.21. The summed E-state index contributed by atoms with van der Waals surface area (Å²) in [6, 6.07) is 4.44. The minimum atomic E-state index is -0.321. The standard InChI is InChI=1S/C14H19FN4O/c1-19-9-10(8-17-19)6-7-12(18-16)14-11(15)4-3-5-13(14)20-2/h3-5,8-9,12,18H,6-7,16H2,1-2H3. The second-order valence-electron chi connectivity index (χ2n) is 4.64. The number of hydrazine groups is 1. The molecule has 3 N–H and O–H groups in total. The number of aromatic nitrogens is 2. The van der Waals surface area contributed by atoms with Crippen molar-refractivity contribution in [3.8, 4) is 5.75 Å². The lowest BCUT2D eigenvalue weighted by Crippen LogP contribution is -2.29. The van der Waals surface area contributed by atoms with E-state index in [4.69, 9.17) is 10.6 Å². The number of methoxy groups -OCH3 is 1. The van der Waals surface area contributed by atoms with Crippen LogP contribution in [0.5, 0.6) is 5.75 Å². The van der Waals surface area contributed by atoms with Gasteiger partial charge in [-0.15, -0.1) is 0 Å². The molecule has 0 amide bonds. The van der Waals surface area contributed by atoms with Crippen LogP contribution in [0.4, 0.5) is 4.39 Å². The van der Waals surface area contributed by atoms with Crippen LogP contribution in [0.1, 0.15) is 23.6 Å². The molecule has 0 spiro atoms. The third-order valence-electron chi connectivity index (χ3n) is 3.26. The molecule has 6 heteroatoms. The second kappa shape index (κ2) is 6.49. The highest BCUT2D eigenvalue weighted by molar-refractivity contribution is 5.37. The van der Waals surface area contributed by atoms with Crippen LogP contribution in [0.15, 0.2) is 30.6 Å². The van der Waals surface area contributed by atoms with Crippen LogP contribution < -0.4 is 16.0 Å². The summed E-state index contributed by atoms with van der Waals surface area (Å²) < 4.78 is 21.0. The largest absolute Gasteiger partial charge is 0.496 e. The summed E-state index contributed by atoms with van der Waals surface area (Å²) in [4.78, 5) is 0. The van der Waals surface area contributed by atoms with Gasteiger partial charge in [-0.3, -0.25) is 16.0 Å². The zero-order valence-corrected chi connectivity index (χ0v) is 11.6. The molecule has 1 aromatic carbocycles. The van der Waals surface area contributed by atoms with Gasteiger partial charge in [-0.1, -0.05) is 6.07 Å². The number of rotatable bonds is 6. The van der Waals surface area contributed by atoms with Gasteiger partial charge in [0.15, 0.2) is 0 Å². The molecule has 0 aliphatic carbocycles. The highest BCUT2D eigenvalue weighted by atomic mass is 19.1. The summed E-state index contributed by atoms with van der Waals surface area (Å²) in [5, 5.41) is 4.11. The van der Waals surface area contributed by atoms with E-state index < -0.39 is 0 Å². The molecule has 0 aliphatic heterocycles. The highest BCUT2D eigenvalue weighted by Gasteiger charge is 2.19. The molecule has 1 aromatic heterocycles. The molecule has 20 heavy (non-hydrogen) atoms. The Balaban J connectivity index is 2.16. The normalized spacial score (nSPS) is 12.4. The topological polar surface area (TPSA) is 65.1 Å². The molecule has 0 bridgehead atoms. The average Bonchev–Trinajstić information content (AvgIpc) is 2.86. The monoisotopic (exact) mass is 278 g/mol. The number of hydrogen-bond donors (Lipinski definition) is 2. The van der Waals surface area contributed by atoms with Crippen molar-refractivity contribution in [2.75, 3.05) is 7.11 Å². The lowest BCUT2D eigenvalue weighted by molar-refractivity contribution is 0.386. The lowest BCUT2D eigenvalue weighted by atomic mass is 9.99. The number of halogens is 1. The van der Waals surface area contributed by atoms with Crippen LogP contribution in [-0.4, -0.2) is 16.9 Å². The van der Waals surface area contributed by atoms with E-state index in [2.05, 4.69) is 10.5 Å². The van der Waals surface area contributed by atoms with Crippen LogP contribution in [-0.2, 0) is 13.5 Å². The van der Waals surface area contributed by atoms with Crippen LogP contribution in [0, 0.1) is 5.82 Å². The fourth-order valence-electron chi connectivity index (χ4n) is 2.26. The van der Waals surface area contributed by atoms with Gasteiger partial charge in [0.25, 0.3) is 0 Å². The van der Waals surface area contributed by atoms with Crippen LogP contribution in [0.25, 0.3) is 0 Å². The number of aryl methyl sites for hydroxylation is 2.